The highest BCUT2D eigenvalue weighted by atomic mass is 35.5. The number of hydrogen-bond donors (Lipinski definition) is 2. The zero-order valence-electron chi connectivity index (χ0n) is 15.9. The van der Waals surface area contributed by atoms with Crippen molar-refractivity contribution in [3.63, 3.8) is 0 Å². The van der Waals surface area contributed by atoms with Crippen molar-refractivity contribution in [2.45, 2.75) is 37.2 Å². The van der Waals surface area contributed by atoms with Crippen molar-refractivity contribution < 1.29 is 24.5 Å². The molecule has 2 aromatic carbocycles. The molecule has 0 bridgehead atoms. The van der Waals surface area contributed by atoms with Gasteiger partial charge in [0.15, 0.2) is 12.2 Å². The number of morpholine rings is 1. The van der Waals surface area contributed by atoms with Crippen LogP contribution in [0.25, 0.3) is 0 Å². The average molecular weight is 450 g/mol. The number of amides is 1. The highest BCUT2D eigenvalue weighted by Crippen LogP contribution is 2.45. The fourth-order valence-electron chi connectivity index (χ4n) is 3.83. The van der Waals surface area contributed by atoms with Crippen molar-refractivity contribution in [2.75, 3.05) is 6.54 Å². The van der Waals surface area contributed by atoms with Crippen LogP contribution in [0.5, 0.6) is 0 Å². The van der Waals surface area contributed by atoms with Crippen molar-refractivity contribution in [1.82, 2.24) is 4.90 Å². The summed E-state index contributed by atoms with van der Waals surface area (Å²) in [5, 5.41) is 20.6. The minimum atomic E-state index is -1.97. The van der Waals surface area contributed by atoms with Crippen molar-refractivity contribution in [3.05, 3.63) is 69.7 Å². The summed E-state index contributed by atoms with van der Waals surface area (Å²) in [6, 6.07) is 13.7. The highest BCUT2D eigenvalue weighted by Gasteiger charge is 2.49. The second-order valence-electron chi connectivity index (χ2n) is 7.75. The summed E-state index contributed by atoms with van der Waals surface area (Å²) in [5.41, 5.74) is 1.50. The molecular formula is C22H21Cl2NO5. The highest BCUT2D eigenvalue weighted by molar-refractivity contribution is 6.30. The second-order valence-corrected chi connectivity index (χ2v) is 8.62. The van der Waals surface area contributed by atoms with Crippen LogP contribution in [0.1, 0.15) is 36.1 Å². The molecule has 30 heavy (non-hydrogen) atoms. The molecular weight excluding hydrogens is 429 g/mol. The molecule has 0 spiro atoms. The van der Waals surface area contributed by atoms with Crippen LogP contribution in [0.15, 0.2) is 48.5 Å². The van der Waals surface area contributed by atoms with E-state index in [1.54, 1.807) is 35.2 Å². The zero-order valence-corrected chi connectivity index (χ0v) is 17.5. The maximum atomic E-state index is 13.3. The number of ether oxygens (including phenoxy) is 1. The van der Waals surface area contributed by atoms with E-state index in [2.05, 4.69) is 0 Å². The lowest BCUT2D eigenvalue weighted by Gasteiger charge is -2.45. The first-order valence-electron chi connectivity index (χ1n) is 9.73. The van der Waals surface area contributed by atoms with Crippen LogP contribution in [0.2, 0.25) is 10.0 Å². The number of rotatable bonds is 6. The molecule has 2 aliphatic rings. The summed E-state index contributed by atoms with van der Waals surface area (Å²) in [6.45, 7) is 0.468. The van der Waals surface area contributed by atoms with Gasteiger partial charge in [-0.3, -0.25) is 4.79 Å². The van der Waals surface area contributed by atoms with Gasteiger partial charge in [0.2, 0.25) is 0 Å². The molecule has 1 saturated carbocycles. The lowest BCUT2D eigenvalue weighted by molar-refractivity contribution is -0.194. The number of nitrogens with zero attached hydrogens (tertiary/aromatic N) is 1. The summed E-state index contributed by atoms with van der Waals surface area (Å²) in [4.78, 5) is 26.3. The van der Waals surface area contributed by atoms with Gasteiger partial charge in [0, 0.05) is 16.6 Å². The molecule has 2 fully saturated rings. The third kappa shape index (κ3) is 4.32. The number of aliphatic carboxylic acids is 1. The number of halogens is 2. The number of carboxylic acids is 1. The lowest BCUT2D eigenvalue weighted by atomic mass is 9.90. The van der Waals surface area contributed by atoms with Gasteiger partial charge in [-0.15, -0.1) is 0 Å². The van der Waals surface area contributed by atoms with Crippen LogP contribution in [0.4, 0.5) is 0 Å². The predicted molar refractivity (Wildman–Crippen MR) is 111 cm³/mol. The van der Waals surface area contributed by atoms with Crippen LogP contribution >= 0.6 is 23.2 Å². The predicted octanol–water partition coefficient (Wildman–Crippen LogP) is 3.86. The molecule has 4 atom stereocenters. The van der Waals surface area contributed by atoms with Gasteiger partial charge >= 0.3 is 5.97 Å². The van der Waals surface area contributed by atoms with Crippen LogP contribution < -0.4 is 0 Å². The van der Waals surface area contributed by atoms with Gasteiger partial charge in [0.25, 0.3) is 5.91 Å². The molecule has 0 unspecified atom stereocenters. The Morgan fingerprint density at radius 3 is 2.40 bits per heavy atom. The van der Waals surface area contributed by atoms with Crippen molar-refractivity contribution in [2.24, 2.45) is 5.92 Å². The van der Waals surface area contributed by atoms with E-state index in [0.29, 0.717) is 28.1 Å². The largest absolute Gasteiger partial charge is 0.479 e. The lowest BCUT2D eigenvalue weighted by Crippen LogP contribution is -2.56. The first-order chi connectivity index (χ1) is 14.3. The Bertz CT molecular complexity index is 947. The van der Waals surface area contributed by atoms with E-state index in [-0.39, 0.29) is 0 Å². The molecule has 1 heterocycles. The summed E-state index contributed by atoms with van der Waals surface area (Å²) in [7, 11) is 0. The van der Waals surface area contributed by atoms with Gasteiger partial charge in [0.05, 0.1) is 6.04 Å². The maximum absolute atomic E-state index is 13.3. The van der Waals surface area contributed by atoms with Gasteiger partial charge in [-0.05, 0) is 54.2 Å². The topological polar surface area (TPSA) is 87.1 Å². The second kappa shape index (κ2) is 8.55. The van der Waals surface area contributed by atoms with E-state index in [1.165, 1.54) is 0 Å². The van der Waals surface area contributed by atoms with E-state index in [9.17, 15) is 19.8 Å². The SMILES string of the molecule is O=C(O)[C@@H](O)[C@@H]1O[C@@H](c2cccc(Cl)c2)[C@@H](c2ccc(Cl)cc2)N(CC2CC2)C1=O. The summed E-state index contributed by atoms with van der Waals surface area (Å²) in [6.07, 6.45) is -2.17. The zero-order chi connectivity index (χ0) is 21.4. The molecule has 4 rings (SSSR count). The number of hydrogen-bond acceptors (Lipinski definition) is 4. The summed E-state index contributed by atoms with van der Waals surface area (Å²) in [5.74, 6) is -1.69. The Morgan fingerprint density at radius 1 is 1.10 bits per heavy atom. The average Bonchev–Trinajstić information content (AvgIpc) is 3.54. The van der Waals surface area contributed by atoms with Gasteiger partial charge in [-0.1, -0.05) is 47.5 Å². The molecule has 2 N–H and O–H groups in total. The first kappa shape index (κ1) is 21.1. The van der Waals surface area contributed by atoms with Gasteiger partial charge < -0.3 is 19.8 Å². The van der Waals surface area contributed by atoms with Crippen LogP contribution in [0.3, 0.4) is 0 Å². The standard InChI is InChI=1S/C22H21Cl2NO5/c23-15-8-6-13(7-9-15)17-19(14-2-1-3-16(24)10-14)30-20(18(26)22(28)29)21(27)25(17)11-12-4-5-12/h1-3,6-10,12,17-20,26H,4-5,11H2,(H,28,29)/t17-,18+,19+,20+/m1/s1. The summed E-state index contributed by atoms with van der Waals surface area (Å²) >= 11 is 12.2. The van der Waals surface area contributed by atoms with E-state index >= 15 is 0 Å². The van der Waals surface area contributed by atoms with Crippen molar-refractivity contribution in [3.8, 4) is 0 Å². The monoisotopic (exact) mass is 449 g/mol. The minimum absolute atomic E-state index is 0.351. The third-order valence-electron chi connectivity index (χ3n) is 5.52. The Morgan fingerprint density at radius 2 is 1.80 bits per heavy atom. The number of aliphatic hydroxyl groups is 1. The number of carbonyl (C=O) groups is 2. The first-order valence-corrected chi connectivity index (χ1v) is 10.5. The Kier molecular flexibility index (Phi) is 6.02. The molecule has 6 nitrogen and oxygen atoms in total. The summed E-state index contributed by atoms with van der Waals surface area (Å²) < 4.78 is 5.98. The molecule has 2 aromatic rings. The van der Waals surface area contributed by atoms with Gasteiger partial charge in [0.1, 0.15) is 6.10 Å². The van der Waals surface area contributed by atoms with E-state index in [1.807, 2.05) is 18.2 Å². The minimum Gasteiger partial charge on any atom is -0.479 e. The Balaban J connectivity index is 1.81. The molecule has 1 aliphatic heterocycles. The number of aliphatic hydroxyl groups excluding tert-OH is 1. The van der Waals surface area contributed by atoms with E-state index < -0.39 is 36.2 Å². The van der Waals surface area contributed by atoms with Crippen molar-refractivity contribution in [1.29, 1.82) is 0 Å². The third-order valence-corrected chi connectivity index (χ3v) is 6.01. The molecule has 158 valence electrons. The fraction of sp³-hybridized carbons (Fsp3) is 0.364. The molecule has 0 aromatic heterocycles. The van der Waals surface area contributed by atoms with Gasteiger partial charge in [-0.25, -0.2) is 4.79 Å². The Labute approximate surface area is 184 Å². The van der Waals surface area contributed by atoms with Crippen LogP contribution in [-0.2, 0) is 14.3 Å². The van der Waals surface area contributed by atoms with Crippen molar-refractivity contribution >= 4 is 35.1 Å². The van der Waals surface area contributed by atoms with Crippen LogP contribution in [0, 0.1) is 5.92 Å². The quantitative estimate of drug-likeness (QED) is 0.698. The molecule has 1 saturated heterocycles. The Hall–Kier alpha value is -2.12. The normalized spacial score (nSPS) is 25.2. The molecule has 1 aliphatic carbocycles. The molecule has 1 amide bonds. The van der Waals surface area contributed by atoms with E-state index in [4.69, 9.17) is 27.9 Å². The van der Waals surface area contributed by atoms with Crippen LogP contribution in [-0.4, -0.2) is 45.7 Å². The maximum Gasteiger partial charge on any atom is 0.335 e. The molecule has 8 heteroatoms. The molecule has 0 radical (unpaired) electrons. The van der Waals surface area contributed by atoms with E-state index in [0.717, 1.165) is 18.4 Å². The number of carboxylic acid groups (broad SMARTS) is 1. The fourth-order valence-corrected chi connectivity index (χ4v) is 4.16. The number of carbonyl (C=O) groups excluding carboxylic acids is 1. The smallest absolute Gasteiger partial charge is 0.335 e. The van der Waals surface area contributed by atoms with Gasteiger partial charge in [-0.2, -0.15) is 0 Å². The number of benzene rings is 2.